The summed E-state index contributed by atoms with van der Waals surface area (Å²) in [6.07, 6.45) is -0.263. The molecule has 1 saturated heterocycles. The summed E-state index contributed by atoms with van der Waals surface area (Å²) in [7, 11) is 1.61. The van der Waals surface area contributed by atoms with Crippen LogP contribution in [0.3, 0.4) is 0 Å². The smallest absolute Gasteiger partial charge is 0.123 e. The van der Waals surface area contributed by atoms with E-state index in [1.807, 2.05) is 42.5 Å². The van der Waals surface area contributed by atoms with E-state index in [0.717, 1.165) is 18.7 Å². The Kier molecular flexibility index (Phi) is 6.66. The zero-order chi connectivity index (χ0) is 21.7. The fourth-order valence-corrected chi connectivity index (χ4v) is 4.28. The van der Waals surface area contributed by atoms with Crippen molar-refractivity contribution in [1.82, 2.24) is 4.90 Å². The Labute approximate surface area is 182 Å². The van der Waals surface area contributed by atoms with Gasteiger partial charge in [0, 0.05) is 26.1 Å². The minimum absolute atomic E-state index is 0.254. The standard InChI is InChI=1S/C26H28FNO3/c1-30-24-13-6-5-10-21(24)17-26(29,22-11-7-12-23(27)16-22)25-19-28(14-15-31-25)18-20-8-3-2-4-9-20/h2-13,16,25,29H,14-15,17-19H2,1H3/t25-,26+/m0/s1. The van der Waals surface area contributed by atoms with Crippen molar-refractivity contribution in [1.29, 1.82) is 0 Å². The van der Waals surface area contributed by atoms with E-state index in [9.17, 15) is 9.50 Å². The summed E-state index contributed by atoms with van der Waals surface area (Å²) in [6.45, 7) is 2.59. The summed E-state index contributed by atoms with van der Waals surface area (Å²) >= 11 is 0. The molecule has 0 aromatic heterocycles. The summed E-state index contributed by atoms with van der Waals surface area (Å²) in [5, 5.41) is 12.0. The minimum atomic E-state index is -1.41. The van der Waals surface area contributed by atoms with Crippen LogP contribution >= 0.6 is 0 Å². The first kappa shape index (κ1) is 21.5. The van der Waals surface area contributed by atoms with Gasteiger partial charge in [0.25, 0.3) is 0 Å². The molecule has 3 aromatic rings. The molecule has 4 nitrogen and oxygen atoms in total. The van der Waals surface area contributed by atoms with Gasteiger partial charge in [0.1, 0.15) is 23.3 Å². The Morgan fingerprint density at radius 2 is 1.84 bits per heavy atom. The fourth-order valence-electron chi connectivity index (χ4n) is 4.28. The lowest BCUT2D eigenvalue weighted by Gasteiger charge is -2.42. The first-order valence-electron chi connectivity index (χ1n) is 10.6. The van der Waals surface area contributed by atoms with Crippen molar-refractivity contribution >= 4 is 0 Å². The predicted molar refractivity (Wildman–Crippen MR) is 118 cm³/mol. The summed E-state index contributed by atoms with van der Waals surface area (Å²) in [4.78, 5) is 2.27. The average Bonchev–Trinajstić information content (AvgIpc) is 2.80. The monoisotopic (exact) mass is 421 g/mol. The molecule has 1 N–H and O–H groups in total. The van der Waals surface area contributed by atoms with Crippen molar-refractivity contribution in [3.8, 4) is 5.75 Å². The SMILES string of the molecule is COc1ccccc1C[C@@](O)(c1cccc(F)c1)[C@@H]1CN(Cc2ccccc2)CCO1. The molecule has 1 aliphatic heterocycles. The first-order chi connectivity index (χ1) is 15.1. The van der Waals surface area contributed by atoms with Gasteiger partial charge in [-0.15, -0.1) is 0 Å². The summed E-state index contributed by atoms with van der Waals surface area (Å²) in [6, 6.07) is 24.0. The zero-order valence-corrected chi connectivity index (χ0v) is 17.7. The third kappa shape index (κ3) is 4.96. The van der Waals surface area contributed by atoms with Gasteiger partial charge in [-0.3, -0.25) is 4.90 Å². The van der Waals surface area contributed by atoms with Crippen LogP contribution in [0.5, 0.6) is 5.75 Å². The van der Waals surface area contributed by atoms with E-state index in [1.165, 1.54) is 17.7 Å². The molecular formula is C26H28FNO3. The molecule has 31 heavy (non-hydrogen) atoms. The van der Waals surface area contributed by atoms with Gasteiger partial charge in [-0.05, 0) is 34.9 Å². The second kappa shape index (κ2) is 9.60. The van der Waals surface area contributed by atoms with Gasteiger partial charge in [-0.2, -0.15) is 0 Å². The molecule has 5 heteroatoms. The lowest BCUT2D eigenvalue weighted by atomic mass is 9.81. The number of para-hydroxylation sites is 1. The second-order valence-electron chi connectivity index (χ2n) is 8.00. The van der Waals surface area contributed by atoms with Crippen molar-refractivity contribution in [2.45, 2.75) is 24.7 Å². The molecule has 3 aromatic carbocycles. The van der Waals surface area contributed by atoms with E-state index in [-0.39, 0.29) is 12.2 Å². The number of benzene rings is 3. The Hall–Kier alpha value is -2.73. The largest absolute Gasteiger partial charge is 0.496 e. The maximum Gasteiger partial charge on any atom is 0.123 e. The molecule has 2 atom stereocenters. The molecule has 0 unspecified atom stereocenters. The zero-order valence-electron chi connectivity index (χ0n) is 17.7. The number of methoxy groups -OCH3 is 1. The molecular weight excluding hydrogens is 393 g/mol. The summed E-state index contributed by atoms with van der Waals surface area (Å²) in [5.74, 6) is 0.308. The Bertz CT molecular complexity index is 997. The molecule has 0 bridgehead atoms. The molecule has 4 rings (SSSR count). The highest BCUT2D eigenvalue weighted by Gasteiger charge is 2.42. The van der Waals surface area contributed by atoms with E-state index in [4.69, 9.17) is 9.47 Å². The third-order valence-corrected chi connectivity index (χ3v) is 5.91. The molecule has 0 radical (unpaired) electrons. The number of nitrogens with zero attached hydrogens (tertiary/aromatic N) is 1. The maximum absolute atomic E-state index is 14.1. The van der Waals surface area contributed by atoms with Crippen LogP contribution < -0.4 is 4.74 Å². The van der Waals surface area contributed by atoms with Crippen molar-refractivity contribution in [3.05, 3.63) is 101 Å². The van der Waals surface area contributed by atoms with Crippen LogP contribution in [-0.4, -0.2) is 42.9 Å². The van der Waals surface area contributed by atoms with Crippen LogP contribution in [0.1, 0.15) is 16.7 Å². The second-order valence-corrected chi connectivity index (χ2v) is 8.00. The number of morpholine rings is 1. The van der Waals surface area contributed by atoms with Crippen molar-refractivity contribution in [2.75, 3.05) is 26.8 Å². The lowest BCUT2D eigenvalue weighted by Crippen LogP contribution is -2.53. The number of halogens is 1. The molecule has 0 spiro atoms. The van der Waals surface area contributed by atoms with Gasteiger partial charge in [-0.1, -0.05) is 60.7 Å². The van der Waals surface area contributed by atoms with Crippen LogP contribution in [0.4, 0.5) is 4.39 Å². The highest BCUT2D eigenvalue weighted by Crippen LogP contribution is 2.36. The molecule has 1 heterocycles. The minimum Gasteiger partial charge on any atom is -0.496 e. The highest BCUT2D eigenvalue weighted by atomic mass is 19.1. The normalized spacial score (nSPS) is 19.0. The molecule has 162 valence electrons. The number of ether oxygens (including phenoxy) is 2. The van der Waals surface area contributed by atoms with Gasteiger partial charge in [-0.25, -0.2) is 4.39 Å². The van der Waals surface area contributed by atoms with Crippen LogP contribution in [0.2, 0.25) is 0 Å². The van der Waals surface area contributed by atoms with Crippen LogP contribution in [0.15, 0.2) is 78.9 Å². The number of hydrogen-bond donors (Lipinski definition) is 1. The Morgan fingerprint density at radius 3 is 2.61 bits per heavy atom. The van der Waals surface area contributed by atoms with Gasteiger partial charge >= 0.3 is 0 Å². The van der Waals surface area contributed by atoms with Gasteiger partial charge in [0.05, 0.1) is 13.7 Å². The van der Waals surface area contributed by atoms with Crippen LogP contribution in [-0.2, 0) is 23.3 Å². The third-order valence-electron chi connectivity index (χ3n) is 5.91. The predicted octanol–water partition coefficient (Wildman–Crippen LogP) is 4.17. The number of hydrogen-bond acceptors (Lipinski definition) is 4. The van der Waals surface area contributed by atoms with E-state index in [2.05, 4.69) is 17.0 Å². The summed E-state index contributed by atoms with van der Waals surface area (Å²) in [5.41, 5.74) is 1.15. The van der Waals surface area contributed by atoms with Gasteiger partial charge in [0.2, 0.25) is 0 Å². The van der Waals surface area contributed by atoms with E-state index in [0.29, 0.717) is 24.5 Å². The Morgan fingerprint density at radius 1 is 1.06 bits per heavy atom. The average molecular weight is 422 g/mol. The van der Waals surface area contributed by atoms with Crippen LogP contribution in [0.25, 0.3) is 0 Å². The fraction of sp³-hybridized carbons (Fsp3) is 0.308. The molecule has 0 amide bonds. The van der Waals surface area contributed by atoms with E-state index >= 15 is 0 Å². The number of rotatable bonds is 7. The van der Waals surface area contributed by atoms with Crippen molar-refractivity contribution < 1.29 is 19.0 Å². The van der Waals surface area contributed by atoms with E-state index in [1.54, 1.807) is 19.2 Å². The molecule has 0 aliphatic carbocycles. The Balaban J connectivity index is 1.65. The number of aliphatic hydroxyl groups is 1. The van der Waals surface area contributed by atoms with E-state index < -0.39 is 11.7 Å². The van der Waals surface area contributed by atoms with Crippen molar-refractivity contribution in [3.63, 3.8) is 0 Å². The highest BCUT2D eigenvalue weighted by molar-refractivity contribution is 5.37. The molecule has 1 aliphatic rings. The van der Waals surface area contributed by atoms with Gasteiger partial charge < -0.3 is 14.6 Å². The molecule has 1 fully saturated rings. The van der Waals surface area contributed by atoms with Gasteiger partial charge in [0.15, 0.2) is 0 Å². The van der Waals surface area contributed by atoms with Crippen molar-refractivity contribution in [2.24, 2.45) is 0 Å². The quantitative estimate of drug-likeness (QED) is 0.622. The summed E-state index contributed by atoms with van der Waals surface area (Å²) < 4.78 is 25.7. The maximum atomic E-state index is 14.1. The topological polar surface area (TPSA) is 41.9 Å². The van der Waals surface area contributed by atoms with Crippen LogP contribution in [0, 0.1) is 5.82 Å². The lowest BCUT2D eigenvalue weighted by molar-refractivity contribution is -0.150. The first-order valence-corrected chi connectivity index (χ1v) is 10.6. The molecule has 0 saturated carbocycles.